The van der Waals surface area contributed by atoms with Crippen LogP contribution < -0.4 is 0 Å². The standard InChI is InChI=1S/C10H19NO2/c12-7-8-3-2-6-11(8)9-4-1-5-10(9)13/h8-10,12-13H,1-7H2/t8-,9?,10?/m0/s1. The summed E-state index contributed by atoms with van der Waals surface area (Å²) < 4.78 is 0. The molecule has 0 aromatic carbocycles. The van der Waals surface area contributed by atoms with Crippen molar-refractivity contribution in [3.63, 3.8) is 0 Å². The summed E-state index contributed by atoms with van der Waals surface area (Å²) in [7, 11) is 0. The van der Waals surface area contributed by atoms with Crippen LogP contribution in [-0.4, -0.2) is 46.5 Å². The Morgan fingerprint density at radius 2 is 2.00 bits per heavy atom. The lowest BCUT2D eigenvalue weighted by Crippen LogP contribution is -2.44. The topological polar surface area (TPSA) is 43.7 Å². The lowest BCUT2D eigenvalue weighted by atomic mass is 10.1. The zero-order chi connectivity index (χ0) is 9.26. The van der Waals surface area contributed by atoms with Crippen LogP contribution in [0.1, 0.15) is 32.1 Å². The quantitative estimate of drug-likeness (QED) is 0.652. The fourth-order valence-corrected chi connectivity index (χ4v) is 2.80. The van der Waals surface area contributed by atoms with Crippen molar-refractivity contribution in [2.75, 3.05) is 13.2 Å². The highest BCUT2D eigenvalue weighted by Crippen LogP contribution is 2.30. The van der Waals surface area contributed by atoms with Crippen molar-refractivity contribution in [2.45, 2.75) is 50.3 Å². The molecule has 0 aromatic rings. The summed E-state index contributed by atoms with van der Waals surface area (Å²) in [5.74, 6) is 0. The Morgan fingerprint density at radius 1 is 1.15 bits per heavy atom. The molecule has 0 spiro atoms. The molecular formula is C10H19NO2. The number of aliphatic hydroxyl groups excluding tert-OH is 2. The molecule has 2 aliphatic rings. The first kappa shape index (κ1) is 9.44. The zero-order valence-corrected chi connectivity index (χ0v) is 8.02. The molecule has 3 nitrogen and oxygen atoms in total. The van der Waals surface area contributed by atoms with Gasteiger partial charge in [-0.1, -0.05) is 0 Å². The van der Waals surface area contributed by atoms with Gasteiger partial charge in [0.25, 0.3) is 0 Å². The van der Waals surface area contributed by atoms with Crippen LogP contribution in [0.5, 0.6) is 0 Å². The molecule has 1 heterocycles. The number of rotatable bonds is 2. The van der Waals surface area contributed by atoms with Gasteiger partial charge in [-0.15, -0.1) is 0 Å². The third kappa shape index (κ3) is 1.73. The summed E-state index contributed by atoms with van der Waals surface area (Å²) in [6.45, 7) is 1.32. The lowest BCUT2D eigenvalue weighted by molar-refractivity contribution is 0.0456. The van der Waals surface area contributed by atoms with Crippen LogP contribution in [0.15, 0.2) is 0 Å². The number of hydrogen-bond acceptors (Lipinski definition) is 3. The Morgan fingerprint density at radius 3 is 2.62 bits per heavy atom. The fourth-order valence-electron chi connectivity index (χ4n) is 2.80. The van der Waals surface area contributed by atoms with E-state index in [0.29, 0.717) is 12.1 Å². The van der Waals surface area contributed by atoms with Gasteiger partial charge in [0.1, 0.15) is 0 Å². The Bertz CT molecular complexity index is 174. The maximum atomic E-state index is 9.74. The smallest absolute Gasteiger partial charge is 0.0695 e. The van der Waals surface area contributed by atoms with Crippen molar-refractivity contribution >= 4 is 0 Å². The van der Waals surface area contributed by atoms with Gasteiger partial charge in [0.05, 0.1) is 12.7 Å². The van der Waals surface area contributed by atoms with Gasteiger partial charge in [0, 0.05) is 12.1 Å². The molecule has 0 amide bonds. The molecule has 2 unspecified atom stereocenters. The van der Waals surface area contributed by atoms with Gasteiger partial charge < -0.3 is 10.2 Å². The van der Waals surface area contributed by atoms with E-state index in [1.54, 1.807) is 0 Å². The number of likely N-dealkylation sites (tertiary alicyclic amines) is 1. The molecule has 76 valence electrons. The highest BCUT2D eigenvalue weighted by molar-refractivity contribution is 4.91. The van der Waals surface area contributed by atoms with E-state index in [1.165, 1.54) is 6.42 Å². The van der Waals surface area contributed by atoms with Gasteiger partial charge in [-0.25, -0.2) is 0 Å². The molecule has 3 atom stereocenters. The van der Waals surface area contributed by atoms with Crippen LogP contribution in [-0.2, 0) is 0 Å². The molecule has 2 fully saturated rings. The number of hydrogen-bond donors (Lipinski definition) is 2. The van der Waals surface area contributed by atoms with E-state index in [2.05, 4.69) is 4.90 Å². The summed E-state index contributed by atoms with van der Waals surface area (Å²) in [6.07, 6.45) is 5.32. The zero-order valence-electron chi connectivity index (χ0n) is 8.02. The van der Waals surface area contributed by atoms with Gasteiger partial charge in [0.2, 0.25) is 0 Å². The molecule has 1 saturated heterocycles. The summed E-state index contributed by atoms with van der Waals surface area (Å²) in [5, 5.41) is 18.9. The van der Waals surface area contributed by atoms with E-state index in [4.69, 9.17) is 5.11 Å². The van der Waals surface area contributed by atoms with E-state index in [1.807, 2.05) is 0 Å². The van der Waals surface area contributed by atoms with E-state index < -0.39 is 0 Å². The number of nitrogens with zero attached hydrogens (tertiary/aromatic N) is 1. The van der Waals surface area contributed by atoms with Crippen LogP contribution in [0, 0.1) is 0 Å². The average Bonchev–Trinajstić information content (AvgIpc) is 2.71. The van der Waals surface area contributed by atoms with Gasteiger partial charge in [-0.3, -0.25) is 4.90 Å². The van der Waals surface area contributed by atoms with Crippen molar-refractivity contribution < 1.29 is 10.2 Å². The van der Waals surface area contributed by atoms with E-state index in [9.17, 15) is 5.11 Å². The van der Waals surface area contributed by atoms with Crippen molar-refractivity contribution in [1.29, 1.82) is 0 Å². The van der Waals surface area contributed by atoms with E-state index in [-0.39, 0.29) is 12.7 Å². The third-order valence-electron chi connectivity index (χ3n) is 3.50. The summed E-state index contributed by atoms with van der Waals surface area (Å²) in [6, 6.07) is 0.650. The summed E-state index contributed by atoms with van der Waals surface area (Å²) in [4.78, 5) is 2.32. The predicted octanol–water partition coefficient (Wildman–Crippen LogP) is 0.356. The van der Waals surface area contributed by atoms with Crippen LogP contribution in [0.25, 0.3) is 0 Å². The molecule has 0 aromatic heterocycles. The van der Waals surface area contributed by atoms with Gasteiger partial charge >= 0.3 is 0 Å². The number of aliphatic hydroxyl groups is 2. The minimum absolute atomic E-state index is 0.146. The lowest BCUT2D eigenvalue weighted by Gasteiger charge is -2.31. The molecule has 0 radical (unpaired) electrons. The van der Waals surface area contributed by atoms with E-state index in [0.717, 1.165) is 32.2 Å². The molecule has 3 heteroatoms. The van der Waals surface area contributed by atoms with E-state index >= 15 is 0 Å². The first-order chi connectivity index (χ1) is 6.33. The largest absolute Gasteiger partial charge is 0.395 e. The minimum atomic E-state index is -0.146. The van der Waals surface area contributed by atoms with Gasteiger partial charge in [-0.2, -0.15) is 0 Å². The average molecular weight is 185 g/mol. The van der Waals surface area contributed by atoms with Crippen molar-refractivity contribution in [2.24, 2.45) is 0 Å². The second-order valence-electron chi connectivity index (χ2n) is 4.28. The fraction of sp³-hybridized carbons (Fsp3) is 1.00. The monoisotopic (exact) mass is 185 g/mol. The Labute approximate surface area is 79.4 Å². The molecule has 2 rings (SSSR count). The molecule has 1 aliphatic carbocycles. The van der Waals surface area contributed by atoms with Crippen LogP contribution >= 0.6 is 0 Å². The SMILES string of the molecule is OC[C@@H]1CCCN1C1CCCC1O. The van der Waals surface area contributed by atoms with Crippen molar-refractivity contribution in [3.05, 3.63) is 0 Å². The van der Waals surface area contributed by atoms with Gasteiger partial charge in [-0.05, 0) is 38.6 Å². The first-order valence-electron chi connectivity index (χ1n) is 5.37. The highest BCUT2D eigenvalue weighted by atomic mass is 16.3. The summed E-state index contributed by atoms with van der Waals surface area (Å²) in [5.41, 5.74) is 0. The molecule has 13 heavy (non-hydrogen) atoms. The maximum absolute atomic E-state index is 9.74. The van der Waals surface area contributed by atoms with Crippen molar-refractivity contribution in [1.82, 2.24) is 4.90 Å². The molecular weight excluding hydrogens is 166 g/mol. The highest BCUT2D eigenvalue weighted by Gasteiger charge is 2.36. The van der Waals surface area contributed by atoms with Crippen LogP contribution in [0.2, 0.25) is 0 Å². The Hall–Kier alpha value is -0.120. The van der Waals surface area contributed by atoms with Crippen LogP contribution in [0.3, 0.4) is 0 Å². The first-order valence-corrected chi connectivity index (χ1v) is 5.37. The predicted molar refractivity (Wildman–Crippen MR) is 50.5 cm³/mol. The maximum Gasteiger partial charge on any atom is 0.0695 e. The normalized spacial score (nSPS) is 41.5. The Kier molecular flexibility index (Phi) is 2.86. The second kappa shape index (κ2) is 3.95. The van der Waals surface area contributed by atoms with Gasteiger partial charge in [0.15, 0.2) is 0 Å². The molecule has 1 saturated carbocycles. The van der Waals surface area contributed by atoms with Crippen LogP contribution in [0.4, 0.5) is 0 Å². The Balaban J connectivity index is 1.98. The molecule has 2 N–H and O–H groups in total. The summed E-state index contributed by atoms with van der Waals surface area (Å²) >= 11 is 0. The molecule has 0 bridgehead atoms. The minimum Gasteiger partial charge on any atom is -0.395 e. The second-order valence-corrected chi connectivity index (χ2v) is 4.28. The molecule has 1 aliphatic heterocycles. The van der Waals surface area contributed by atoms with Crippen molar-refractivity contribution in [3.8, 4) is 0 Å². The third-order valence-corrected chi connectivity index (χ3v) is 3.50.